The van der Waals surface area contributed by atoms with Gasteiger partial charge in [0, 0.05) is 6.54 Å². The molecular formula is C16H20N2. The molecule has 0 spiro atoms. The molecule has 0 radical (unpaired) electrons. The van der Waals surface area contributed by atoms with Crippen LogP contribution in [-0.4, -0.2) is 0 Å². The van der Waals surface area contributed by atoms with E-state index >= 15 is 0 Å². The van der Waals surface area contributed by atoms with Crippen molar-refractivity contribution in [1.29, 1.82) is 0 Å². The number of anilines is 2. The summed E-state index contributed by atoms with van der Waals surface area (Å²) < 4.78 is 0. The van der Waals surface area contributed by atoms with E-state index < -0.39 is 0 Å². The van der Waals surface area contributed by atoms with Gasteiger partial charge in [0.25, 0.3) is 0 Å². The van der Waals surface area contributed by atoms with Crippen molar-refractivity contribution in [3.63, 3.8) is 0 Å². The zero-order valence-corrected chi connectivity index (χ0v) is 11.2. The summed E-state index contributed by atoms with van der Waals surface area (Å²) in [5.74, 6) is 0. The minimum absolute atomic E-state index is 0.797. The van der Waals surface area contributed by atoms with Gasteiger partial charge < -0.3 is 11.1 Å². The van der Waals surface area contributed by atoms with Gasteiger partial charge in [0.15, 0.2) is 0 Å². The quantitative estimate of drug-likeness (QED) is 0.801. The lowest BCUT2D eigenvalue weighted by Gasteiger charge is -2.12. The Labute approximate surface area is 109 Å². The molecule has 0 aliphatic heterocycles. The number of aryl methyl sites for hydroxylation is 3. The van der Waals surface area contributed by atoms with Crippen LogP contribution in [0.2, 0.25) is 0 Å². The van der Waals surface area contributed by atoms with Gasteiger partial charge in [-0.2, -0.15) is 0 Å². The minimum Gasteiger partial charge on any atom is -0.397 e. The summed E-state index contributed by atoms with van der Waals surface area (Å²) in [5.41, 5.74) is 12.9. The molecule has 3 N–H and O–H groups in total. The fourth-order valence-electron chi connectivity index (χ4n) is 2.00. The molecule has 2 aromatic carbocycles. The molecule has 0 aromatic heterocycles. The van der Waals surface area contributed by atoms with Gasteiger partial charge in [-0.15, -0.1) is 0 Å². The second kappa shape index (κ2) is 5.13. The summed E-state index contributed by atoms with van der Waals surface area (Å²) in [6, 6.07) is 12.6. The molecule has 0 bridgehead atoms. The van der Waals surface area contributed by atoms with Crippen LogP contribution in [0.25, 0.3) is 0 Å². The highest BCUT2D eigenvalue weighted by atomic mass is 14.9. The fraction of sp³-hybridized carbons (Fsp3) is 0.250. The Morgan fingerprint density at radius 3 is 2.39 bits per heavy atom. The molecule has 0 fully saturated rings. The molecule has 18 heavy (non-hydrogen) atoms. The Hall–Kier alpha value is -1.96. The van der Waals surface area contributed by atoms with E-state index in [9.17, 15) is 0 Å². The van der Waals surface area contributed by atoms with E-state index in [1.54, 1.807) is 0 Å². The maximum Gasteiger partial charge on any atom is 0.0579 e. The molecule has 2 aromatic rings. The van der Waals surface area contributed by atoms with Crippen molar-refractivity contribution >= 4 is 11.4 Å². The molecule has 0 aliphatic carbocycles. The van der Waals surface area contributed by atoms with Gasteiger partial charge in [0.2, 0.25) is 0 Å². The van der Waals surface area contributed by atoms with E-state index in [0.717, 1.165) is 17.9 Å². The van der Waals surface area contributed by atoms with E-state index in [-0.39, 0.29) is 0 Å². The second-order valence-corrected chi connectivity index (χ2v) is 4.87. The van der Waals surface area contributed by atoms with Crippen LogP contribution in [0.4, 0.5) is 11.4 Å². The van der Waals surface area contributed by atoms with Crippen LogP contribution in [0.15, 0.2) is 36.4 Å². The van der Waals surface area contributed by atoms with Gasteiger partial charge in [-0.3, -0.25) is 0 Å². The highest BCUT2D eigenvalue weighted by Crippen LogP contribution is 2.21. The lowest BCUT2D eigenvalue weighted by atomic mass is 10.1. The van der Waals surface area contributed by atoms with Gasteiger partial charge in [-0.05, 0) is 49.6 Å². The standard InChI is InChI=1S/C16H20N2/c1-11-4-6-13(3)14(8-11)10-18-16-9-12(2)5-7-15(16)17/h4-9,18H,10,17H2,1-3H3. The Bertz CT molecular complexity index is 508. The first-order valence-corrected chi connectivity index (χ1v) is 6.22. The van der Waals surface area contributed by atoms with E-state index in [2.05, 4.69) is 50.4 Å². The number of nitrogens with one attached hydrogen (secondary N) is 1. The number of benzene rings is 2. The minimum atomic E-state index is 0.797. The number of hydrogen-bond donors (Lipinski definition) is 2. The summed E-state index contributed by atoms with van der Waals surface area (Å²) in [4.78, 5) is 0. The first-order valence-electron chi connectivity index (χ1n) is 6.22. The number of hydrogen-bond acceptors (Lipinski definition) is 2. The third-order valence-electron chi connectivity index (χ3n) is 3.18. The van der Waals surface area contributed by atoms with E-state index in [0.29, 0.717) is 0 Å². The highest BCUT2D eigenvalue weighted by molar-refractivity contribution is 5.67. The molecule has 2 nitrogen and oxygen atoms in total. The van der Waals surface area contributed by atoms with Crippen LogP contribution < -0.4 is 11.1 Å². The first kappa shape index (κ1) is 12.5. The van der Waals surface area contributed by atoms with Gasteiger partial charge in [-0.25, -0.2) is 0 Å². The average molecular weight is 240 g/mol. The van der Waals surface area contributed by atoms with Crippen molar-refractivity contribution in [3.05, 3.63) is 58.7 Å². The molecular weight excluding hydrogens is 220 g/mol. The topological polar surface area (TPSA) is 38.0 Å². The Kier molecular flexibility index (Phi) is 3.56. The maximum absolute atomic E-state index is 5.96. The Balaban J connectivity index is 2.16. The van der Waals surface area contributed by atoms with Gasteiger partial charge >= 0.3 is 0 Å². The normalized spacial score (nSPS) is 10.4. The maximum atomic E-state index is 5.96. The van der Waals surface area contributed by atoms with Gasteiger partial charge in [0.05, 0.1) is 11.4 Å². The van der Waals surface area contributed by atoms with Gasteiger partial charge in [-0.1, -0.05) is 29.8 Å². The van der Waals surface area contributed by atoms with Crippen molar-refractivity contribution < 1.29 is 0 Å². The van der Waals surface area contributed by atoms with Gasteiger partial charge in [0.1, 0.15) is 0 Å². The zero-order valence-electron chi connectivity index (χ0n) is 11.2. The lowest BCUT2D eigenvalue weighted by molar-refractivity contribution is 1.11. The van der Waals surface area contributed by atoms with Crippen molar-refractivity contribution in [1.82, 2.24) is 0 Å². The summed E-state index contributed by atoms with van der Waals surface area (Å²) in [7, 11) is 0. The van der Waals surface area contributed by atoms with Crippen molar-refractivity contribution in [2.24, 2.45) is 0 Å². The molecule has 0 amide bonds. The summed E-state index contributed by atoms with van der Waals surface area (Å²) >= 11 is 0. The summed E-state index contributed by atoms with van der Waals surface area (Å²) in [5, 5.41) is 3.41. The average Bonchev–Trinajstić information content (AvgIpc) is 2.34. The van der Waals surface area contributed by atoms with Crippen LogP contribution in [0.5, 0.6) is 0 Å². The number of rotatable bonds is 3. The molecule has 2 heteroatoms. The van der Waals surface area contributed by atoms with E-state index in [4.69, 9.17) is 5.73 Å². The summed E-state index contributed by atoms with van der Waals surface area (Å²) in [6.07, 6.45) is 0. The molecule has 0 unspecified atom stereocenters. The fourth-order valence-corrected chi connectivity index (χ4v) is 2.00. The molecule has 0 aliphatic rings. The number of nitrogen functional groups attached to an aromatic ring is 1. The lowest BCUT2D eigenvalue weighted by Crippen LogP contribution is -2.04. The van der Waals surface area contributed by atoms with Crippen LogP contribution in [0.1, 0.15) is 22.3 Å². The third kappa shape index (κ3) is 2.83. The summed E-state index contributed by atoms with van der Waals surface area (Å²) in [6.45, 7) is 7.13. The molecule has 0 saturated heterocycles. The van der Waals surface area contributed by atoms with Crippen molar-refractivity contribution in [3.8, 4) is 0 Å². The molecule has 0 atom stereocenters. The largest absolute Gasteiger partial charge is 0.397 e. The van der Waals surface area contributed by atoms with E-state index in [1.165, 1.54) is 22.3 Å². The molecule has 0 saturated carbocycles. The zero-order chi connectivity index (χ0) is 13.1. The first-order chi connectivity index (χ1) is 8.56. The van der Waals surface area contributed by atoms with Crippen LogP contribution in [0.3, 0.4) is 0 Å². The van der Waals surface area contributed by atoms with Crippen LogP contribution >= 0.6 is 0 Å². The smallest absolute Gasteiger partial charge is 0.0579 e. The second-order valence-electron chi connectivity index (χ2n) is 4.87. The van der Waals surface area contributed by atoms with Crippen molar-refractivity contribution in [2.75, 3.05) is 11.1 Å². The van der Waals surface area contributed by atoms with Crippen LogP contribution in [-0.2, 0) is 6.54 Å². The van der Waals surface area contributed by atoms with Crippen LogP contribution in [0, 0.1) is 20.8 Å². The predicted octanol–water partition coefficient (Wildman–Crippen LogP) is 3.81. The Morgan fingerprint density at radius 2 is 1.61 bits per heavy atom. The monoisotopic (exact) mass is 240 g/mol. The predicted molar refractivity (Wildman–Crippen MR) is 78.8 cm³/mol. The highest BCUT2D eigenvalue weighted by Gasteiger charge is 2.02. The van der Waals surface area contributed by atoms with Crippen molar-refractivity contribution in [2.45, 2.75) is 27.3 Å². The molecule has 2 rings (SSSR count). The number of nitrogens with two attached hydrogens (primary N) is 1. The Morgan fingerprint density at radius 1 is 0.944 bits per heavy atom. The molecule has 0 heterocycles. The van der Waals surface area contributed by atoms with E-state index in [1.807, 2.05) is 12.1 Å². The SMILES string of the molecule is Cc1ccc(C)c(CNc2cc(C)ccc2N)c1. The third-order valence-corrected chi connectivity index (χ3v) is 3.18. The molecule has 94 valence electrons.